The fourth-order valence-corrected chi connectivity index (χ4v) is 5.30. The van der Waals surface area contributed by atoms with Gasteiger partial charge in [0.2, 0.25) is 5.91 Å². The normalized spacial score (nSPS) is 14.3. The van der Waals surface area contributed by atoms with Gasteiger partial charge >= 0.3 is 0 Å². The third-order valence-electron chi connectivity index (χ3n) is 4.07. The van der Waals surface area contributed by atoms with Crippen LogP contribution in [-0.2, 0) is 27.8 Å². The number of thiophene rings is 1. The number of hydrogen-bond donors (Lipinski definition) is 1. The fraction of sp³-hybridized carbons (Fsp3) is 0.353. The summed E-state index contributed by atoms with van der Waals surface area (Å²) in [6, 6.07) is 8.94. The molecule has 1 aromatic carbocycles. The number of benzene rings is 1. The highest BCUT2D eigenvalue weighted by Crippen LogP contribution is 2.32. The van der Waals surface area contributed by atoms with Crippen LogP contribution in [0.15, 0.2) is 34.5 Å². The van der Waals surface area contributed by atoms with Crippen LogP contribution in [0.1, 0.15) is 29.3 Å². The van der Waals surface area contributed by atoms with Gasteiger partial charge in [-0.2, -0.15) is 0 Å². The quantitative estimate of drug-likeness (QED) is 0.906. The number of rotatable bonds is 4. The van der Waals surface area contributed by atoms with E-state index < -0.39 is 10.0 Å². The molecule has 0 spiro atoms. The maximum Gasteiger partial charge on any atom is 0.271 e. The van der Waals surface area contributed by atoms with Crippen LogP contribution in [0.25, 0.3) is 0 Å². The zero-order chi connectivity index (χ0) is 17.3. The van der Waals surface area contributed by atoms with Crippen LogP contribution in [0, 0.1) is 6.92 Å². The van der Waals surface area contributed by atoms with E-state index >= 15 is 0 Å². The molecule has 5 nitrogen and oxygen atoms in total. The lowest BCUT2D eigenvalue weighted by molar-refractivity contribution is -0.131. The number of carbonyl (C=O) groups excluding carboxylic acids is 1. The summed E-state index contributed by atoms with van der Waals surface area (Å²) in [6.45, 7) is 4.95. The van der Waals surface area contributed by atoms with Crippen LogP contribution in [0.5, 0.6) is 0 Å². The Balaban J connectivity index is 1.82. The van der Waals surface area contributed by atoms with E-state index in [9.17, 15) is 13.2 Å². The van der Waals surface area contributed by atoms with E-state index in [4.69, 9.17) is 0 Å². The highest BCUT2D eigenvalue weighted by Gasteiger charge is 2.26. The van der Waals surface area contributed by atoms with Crippen molar-refractivity contribution in [1.82, 2.24) is 4.90 Å². The zero-order valence-electron chi connectivity index (χ0n) is 13.7. The molecule has 3 rings (SSSR count). The minimum atomic E-state index is -3.60. The van der Waals surface area contributed by atoms with Gasteiger partial charge in [-0.05, 0) is 37.1 Å². The molecule has 0 unspecified atom stereocenters. The van der Waals surface area contributed by atoms with E-state index in [2.05, 4.69) is 4.72 Å². The van der Waals surface area contributed by atoms with Gasteiger partial charge in [0, 0.05) is 30.1 Å². The van der Waals surface area contributed by atoms with Crippen molar-refractivity contribution in [2.75, 3.05) is 11.3 Å². The number of fused-ring (bicyclic) bond motifs is 1. The summed E-state index contributed by atoms with van der Waals surface area (Å²) in [5, 5.41) is 0. The Morgan fingerprint density at radius 1 is 1.29 bits per heavy atom. The van der Waals surface area contributed by atoms with Crippen molar-refractivity contribution in [2.24, 2.45) is 0 Å². The lowest BCUT2D eigenvalue weighted by Gasteiger charge is -2.26. The van der Waals surface area contributed by atoms with Crippen molar-refractivity contribution in [3.8, 4) is 0 Å². The Kier molecular flexibility index (Phi) is 4.64. The number of carbonyl (C=O) groups is 1. The van der Waals surface area contributed by atoms with E-state index in [-0.39, 0.29) is 5.91 Å². The molecule has 1 aliphatic rings. The highest BCUT2D eigenvalue weighted by molar-refractivity contribution is 7.94. The summed E-state index contributed by atoms with van der Waals surface area (Å²) in [7, 11) is -3.60. The van der Waals surface area contributed by atoms with Crippen molar-refractivity contribution in [2.45, 2.75) is 37.4 Å². The molecule has 0 saturated heterocycles. The van der Waals surface area contributed by atoms with Gasteiger partial charge in [-0.1, -0.05) is 24.6 Å². The standard InChI is InChI=1S/C17H20N2O3S2/c1-3-16(20)19-9-8-15-13(11-19)10-17(23-15)24(21,22)18-14-6-4-12(2)5-7-14/h4-7,10,18H,3,8-9,11H2,1-2H3. The topological polar surface area (TPSA) is 66.5 Å². The van der Waals surface area contributed by atoms with Gasteiger partial charge in [0.25, 0.3) is 10.0 Å². The number of nitrogens with one attached hydrogen (secondary N) is 1. The molecule has 0 radical (unpaired) electrons. The number of anilines is 1. The maximum absolute atomic E-state index is 12.6. The number of nitrogens with zero attached hydrogens (tertiary/aromatic N) is 1. The molecule has 0 atom stereocenters. The van der Waals surface area contributed by atoms with Crippen molar-refractivity contribution >= 4 is 33.0 Å². The smallest absolute Gasteiger partial charge is 0.271 e. The highest BCUT2D eigenvalue weighted by atomic mass is 32.2. The van der Waals surface area contributed by atoms with Crippen LogP contribution >= 0.6 is 11.3 Å². The minimum Gasteiger partial charge on any atom is -0.338 e. The number of hydrogen-bond acceptors (Lipinski definition) is 4. The number of amides is 1. The summed E-state index contributed by atoms with van der Waals surface area (Å²) >= 11 is 1.30. The van der Waals surface area contributed by atoms with Crippen LogP contribution in [0.2, 0.25) is 0 Å². The zero-order valence-corrected chi connectivity index (χ0v) is 15.3. The Hall–Kier alpha value is -1.86. The molecule has 1 N–H and O–H groups in total. The van der Waals surface area contributed by atoms with Gasteiger partial charge in [-0.25, -0.2) is 8.42 Å². The lowest BCUT2D eigenvalue weighted by atomic mass is 10.1. The Bertz CT molecular complexity index is 854. The Morgan fingerprint density at radius 3 is 2.67 bits per heavy atom. The van der Waals surface area contributed by atoms with Crippen molar-refractivity contribution in [1.29, 1.82) is 0 Å². The Labute approximate surface area is 146 Å². The summed E-state index contributed by atoms with van der Waals surface area (Å²) in [4.78, 5) is 14.7. The summed E-state index contributed by atoms with van der Waals surface area (Å²) in [5.41, 5.74) is 2.57. The lowest BCUT2D eigenvalue weighted by Crippen LogP contribution is -2.34. The first-order valence-corrected chi connectivity index (χ1v) is 10.2. The molecule has 2 aromatic rings. The van der Waals surface area contributed by atoms with Gasteiger partial charge < -0.3 is 4.90 Å². The molecule has 0 aliphatic carbocycles. The van der Waals surface area contributed by atoms with Crippen LogP contribution in [0.3, 0.4) is 0 Å². The fourth-order valence-electron chi connectivity index (χ4n) is 2.70. The molecule has 0 bridgehead atoms. The second kappa shape index (κ2) is 6.57. The van der Waals surface area contributed by atoms with E-state index in [1.807, 2.05) is 26.0 Å². The average Bonchev–Trinajstić information content (AvgIpc) is 3.00. The van der Waals surface area contributed by atoms with Crippen molar-refractivity contribution in [3.05, 3.63) is 46.3 Å². The second-order valence-electron chi connectivity index (χ2n) is 5.90. The molecule has 1 amide bonds. The average molecular weight is 364 g/mol. The van der Waals surface area contributed by atoms with E-state index in [0.717, 1.165) is 16.0 Å². The van der Waals surface area contributed by atoms with Gasteiger partial charge in [-0.15, -0.1) is 11.3 Å². The molecule has 0 fully saturated rings. The second-order valence-corrected chi connectivity index (χ2v) is 8.95. The van der Waals surface area contributed by atoms with Gasteiger partial charge in [0.05, 0.1) is 0 Å². The molecule has 128 valence electrons. The summed E-state index contributed by atoms with van der Waals surface area (Å²) in [5.74, 6) is 0.106. The van der Waals surface area contributed by atoms with Crippen LogP contribution in [-0.4, -0.2) is 25.8 Å². The third kappa shape index (κ3) is 3.47. The first kappa shape index (κ1) is 17.0. The summed E-state index contributed by atoms with van der Waals surface area (Å²) < 4.78 is 28.1. The molecule has 2 heterocycles. The molecule has 0 saturated carbocycles. The molecular weight excluding hydrogens is 344 g/mol. The van der Waals surface area contributed by atoms with Gasteiger partial charge in [0.1, 0.15) is 4.21 Å². The summed E-state index contributed by atoms with van der Waals surface area (Å²) in [6.07, 6.45) is 1.19. The van der Waals surface area contributed by atoms with E-state index in [1.165, 1.54) is 11.3 Å². The molecule has 1 aliphatic heterocycles. The maximum atomic E-state index is 12.6. The monoisotopic (exact) mass is 364 g/mol. The van der Waals surface area contributed by atoms with E-state index in [0.29, 0.717) is 35.8 Å². The van der Waals surface area contributed by atoms with Crippen LogP contribution in [0.4, 0.5) is 5.69 Å². The molecule has 1 aromatic heterocycles. The molecule has 24 heavy (non-hydrogen) atoms. The number of aryl methyl sites for hydroxylation is 1. The molecular formula is C17H20N2O3S2. The van der Waals surface area contributed by atoms with Crippen molar-refractivity contribution in [3.63, 3.8) is 0 Å². The van der Waals surface area contributed by atoms with Gasteiger partial charge in [-0.3, -0.25) is 9.52 Å². The number of sulfonamides is 1. The van der Waals surface area contributed by atoms with Crippen molar-refractivity contribution < 1.29 is 13.2 Å². The minimum absolute atomic E-state index is 0.106. The third-order valence-corrected chi connectivity index (χ3v) is 7.16. The largest absolute Gasteiger partial charge is 0.338 e. The predicted octanol–water partition coefficient (Wildman–Crippen LogP) is 3.15. The first-order chi connectivity index (χ1) is 11.4. The molecule has 7 heteroatoms. The SMILES string of the molecule is CCC(=O)N1CCc2sc(S(=O)(=O)Nc3ccc(C)cc3)cc2C1. The predicted molar refractivity (Wildman–Crippen MR) is 95.7 cm³/mol. The van der Waals surface area contributed by atoms with Gasteiger partial charge in [0.15, 0.2) is 0 Å². The Morgan fingerprint density at radius 2 is 2.00 bits per heavy atom. The first-order valence-electron chi connectivity index (χ1n) is 7.88. The van der Waals surface area contributed by atoms with E-state index in [1.54, 1.807) is 23.1 Å². The van der Waals surface area contributed by atoms with Crippen LogP contribution < -0.4 is 4.72 Å².